The molecule has 0 spiro atoms. The molecule has 0 heterocycles. The van der Waals surface area contributed by atoms with E-state index in [0.717, 1.165) is 0 Å². The van der Waals surface area contributed by atoms with Gasteiger partial charge in [0.15, 0.2) is 0 Å². The van der Waals surface area contributed by atoms with Crippen LogP contribution >= 0.6 is 12.2 Å². The first-order valence-electron chi connectivity index (χ1n) is 5.84. The highest BCUT2D eigenvalue weighted by Crippen LogP contribution is 2.19. The number of hydrogen-bond donors (Lipinski definition) is 2. The Labute approximate surface area is 110 Å². The molecule has 0 rings (SSSR count). The number of nitrogens with two attached hydrogens (primary N) is 1. The Balaban J connectivity index is 4.37. The molecule has 17 heavy (non-hydrogen) atoms. The molecule has 0 fully saturated rings. The predicted octanol–water partition coefficient (Wildman–Crippen LogP) is 1.80. The second-order valence-corrected chi connectivity index (χ2v) is 7.92. The van der Waals surface area contributed by atoms with Gasteiger partial charge in [-0.2, -0.15) is 0 Å². The molecule has 3 N–H and O–H groups in total. The minimum Gasteiger partial charge on any atom is -0.393 e. The van der Waals surface area contributed by atoms with Crippen molar-refractivity contribution in [3.63, 3.8) is 0 Å². The Bertz CT molecular complexity index is 345. The van der Waals surface area contributed by atoms with Crippen LogP contribution in [0.3, 0.4) is 0 Å². The van der Waals surface area contributed by atoms with E-state index < -0.39 is 10.0 Å². The van der Waals surface area contributed by atoms with Crippen LogP contribution in [0.4, 0.5) is 0 Å². The van der Waals surface area contributed by atoms with Crippen molar-refractivity contribution in [2.75, 3.05) is 5.75 Å². The fourth-order valence-corrected chi connectivity index (χ4v) is 3.22. The fraction of sp³-hybridized carbons (Fsp3) is 0.909. The summed E-state index contributed by atoms with van der Waals surface area (Å²) in [5.41, 5.74) is 5.44. The van der Waals surface area contributed by atoms with E-state index in [1.165, 1.54) is 0 Å². The van der Waals surface area contributed by atoms with E-state index in [-0.39, 0.29) is 17.2 Å². The van der Waals surface area contributed by atoms with Crippen molar-refractivity contribution in [3.8, 4) is 0 Å². The Kier molecular flexibility index (Phi) is 6.58. The van der Waals surface area contributed by atoms with Gasteiger partial charge in [-0.05, 0) is 18.3 Å². The van der Waals surface area contributed by atoms with Gasteiger partial charge in [-0.1, -0.05) is 39.9 Å². The van der Waals surface area contributed by atoms with Gasteiger partial charge in [-0.15, -0.1) is 0 Å². The zero-order valence-electron chi connectivity index (χ0n) is 11.1. The van der Waals surface area contributed by atoms with Crippen LogP contribution in [0.5, 0.6) is 0 Å². The zero-order valence-corrected chi connectivity index (χ0v) is 12.7. The summed E-state index contributed by atoms with van der Waals surface area (Å²) >= 11 is 4.79. The summed E-state index contributed by atoms with van der Waals surface area (Å²) in [4.78, 5) is 0.343. The lowest BCUT2D eigenvalue weighted by atomic mass is 9.94. The normalized spacial score (nSPS) is 14.6. The third-order valence-corrected chi connectivity index (χ3v) is 4.01. The van der Waals surface area contributed by atoms with E-state index in [9.17, 15) is 8.42 Å². The average molecular weight is 280 g/mol. The van der Waals surface area contributed by atoms with Gasteiger partial charge in [0.1, 0.15) is 0 Å². The van der Waals surface area contributed by atoms with E-state index in [0.29, 0.717) is 24.3 Å². The minimum absolute atomic E-state index is 0.0135. The third-order valence-electron chi connectivity index (χ3n) is 2.41. The number of thiocarbonyl (C=S) groups is 1. The van der Waals surface area contributed by atoms with Crippen LogP contribution in [-0.4, -0.2) is 25.2 Å². The molecule has 0 aromatic rings. The highest BCUT2D eigenvalue weighted by molar-refractivity contribution is 7.89. The van der Waals surface area contributed by atoms with Crippen LogP contribution in [0.2, 0.25) is 0 Å². The molecule has 6 heteroatoms. The van der Waals surface area contributed by atoms with Crippen LogP contribution in [0.1, 0.15) is 47.0 Å². The van der Waals surface area contributed by atoms with Crippen LogP contribution in [0.25, 0.3) is 0 Å². The van der Waals surface area contributed by atoms with Gasteiger partial charge in [-0.3, -0.25) is 0 Å². The fourth-order valence-electron chi connectivity index (χ4n) is 1.27. The second-order valence-electron chi connectivity index (χ2n) is 5.52. The summed E-state index contributed by atoms with van der Waals surface area (Å²) in [5, 5.41) is 0. The van der Waals surface area contributed by atoms with E-state index in [4.69, 9.17) is 18.0 Å². The highest BCUT2D eigenvalue weighted by atomic mass is 32.2. The van der Waals surface area contributed by atoms with Crippen molar-refractivity contribution in [3.05, 3.63) is 0 Å². The van der Waals surface area contributed by atoms with Crippen molar-refractivity contribution >= 4 is 27.2 Å². The van der Waals surface area contributed by atoms with Crippen molar-refractivity contribution in [2.24, 2.45) is 11.1 Å². The highest BCUT2D eigenvalue weighted by Gasteiger charge is 2.20. The maximum atomic E-state index is 11.8. The maximum absolute atomic E-state index is 11.8. The molecule has 0 radical (unpaired) electrons. The monoisotopic (exact) mass is 280 g/mol. The zero-order chi connectivity index (χ0) is 13.7. The molecule has 0 aromatic carbocycles. The summed E-state index contributed by atoms with van der Waals surface area (Å²) in [5.74, 6) is 0.143. The first-order valence-corrected chi connectivity index (χ1v) is 7.90. The van der Waals surface area contributed by atoms with Gasteiger partial charge in [0.2, 0.25) is 10.0 Å². The second kappa shape index (κ2) is 6.66. The van der Waals surface area contributed by atoms with Gasteiger partial charge in [0.25, 0.3) is 0 Å². The lowest BCUT2D eigenvalue weighted by molar-refractivity contribution is 0.395. The molecule has 4 nitrogen and oxygen atoms in total. The Morgan fingerprint density at radius 3 is 2.29 bits per heavy atom. The Hall–Kier alpha value is -0.200. The maximum Gasteiger partial charge on any atom is 0.211 e. The standard InChI is InChI=1S/C11H24N2O2S2/c1-5-9(8-10(12)16)13-17(14,15)7-6-11(2,3)4/h9,13H,5-8H2,1-4H3,(H2,12,16). The molecule has 0 saturated carbocycles. The molecule has 0 bridgehead atoms. The molecule has 0 saturated heterocycles. The average Bonchev–Trinajstić information content (AvgIpc) is 2.12. The molecule has 0 aliphatic carbocycles. The molecule has 0 aliphatic rings. The van der Waals surface area contributed by atoms with E-state index in [2.05, 4.69) is 4.72 Å². The van der Waals surface area contributed by atoms with Crippen LogP contribution < -0.4 is 10.5 Å². The smallest absolute Gasteiger partial charge is 0.211 e. The SMILES string of the molecule is CCC(CC(N)=S)NS(=O)(=O)CCC(C)(C)C. The van der Waals surface area contributed by atoms with Crippen molar-refractivity contribution < 1.29 is 8.42 Å². The molecule has 1 atom stereocenters. The minimum atomic E-state index is -3.24. The van der Waals surface area contributed by atoms with Crippen LogP contribution in [-0.2, 0) is 10.0 Å². The molecular weight excluding hydrogens is 256 g/mol. The number of rotatable bonds is 7. The number of nitrogens with one attached hydrogen (secondary N) is 1. The van der Waals surface area contributed by atoms with Gasteiger partial charge in [0, 0.05) is 12.5 Å². The largest absolute Gasteiger partial charge is 0.393 e. The summed E-state index contributed by atoms with van der Waals surface area (Å²) < 4.78 is 26.3. The summed E-state index contributed by atoms with van der Waals surface area (Å²) in [6, 6.07) is -0.183. The number of sulfonamides is 1. The number of hydrogen-bond acceptors (Lipinski definition) is 3. The molecule has 102 valence electrons. The molecule has 0 amide bonds. The van der Waals surface area contributed by atoms with Crippen molar-refractivity contribution in [1.29, 1.82) is 0 Å². The third kappa shape index (κ3) is 9.50. The summed E-state index contributed by atoms with van der Waals surface area (Å²) in [7, 11) is -3.24. The van der Waals surface area contributed by atoms with Gasteiger partial charge < -0.3 is 5.73 Å². The molecule has 1 unspecified atom stereocenters. The topological polar surface area (TPSA) is 72.2 Å². The van der Waals surface area contributed by atoms with Gasteiger partial charge in [-0.25, -0.2) is 13.1 Å². The van der Waals surface area contributed by atoms with Crippen LogP contribution in [0.15, 0.2) is 0 Å². The quantitative estimate of drug-likeness (QED) is 0.698. The van der Waals surface area contributed by atoms with E-state index in [1.807, 2.05) is 27.7 Å². The van der Waals surface area contributed by atoms with Crippen molar-refractivity contribution in [2.45, 2.75) is 53.0 Å². The van der Waals surface area contributed by atoms with Crippen molar-refractivity contribution in [1.82, 2.24) is 4.72 Å². The van der Waals surface area contributed by atoms with Crippen LogP contribution in [0, 0.1) is 5.41 Å². The molecule has 0 aromatic heterocycles. The Morgan fingerprint density at radius 1 is 1.41 bits per heavy atom. The Morgan fingerprint density at radius 2 is 1.94 bits per heavy atom. The summed E-state index contributed by atoms with van der Waals surface area (Å²) in [6.45, 7) is 7.98. The molecule has 0 aliphatic heterocycles. The predicted molar refractivity (Wildman–Crippen MR) is 76.5 cm³/mol. The first kappa shape index (κ1) is 16.8. The van der Waals surface area contributed by atoms with E-state index >= 15 is 0 Å². The van der Waals surface area contributed by atoms with Gasteiger partial charge >= 0.3 is 0 Å². The lowest BCUT2D eigenvalue weighted by Gasteiger charge is -2.20. The first-order chi connectivity index (χ1) is 7.56. The van der Waals surface area contributed by atoms with Gasteiger partial charge in [0.05, 0.1) is 10.7 Å². The lowest BCUT2D eigenvalue weighted by Crippen LogP contribution is -2.38. The molecular formula is C11H24N2O2S2. The summed E-state index contributed by atoms with van der Waals surface area (Å²) in [6.07, 6.45) is 1.73. The van der Waals surface area contributed by atoms with E-state index in [1.54, 1.807) is 0 Å².